The van der Waals surface area contributed by atoms with Crippen molar-refractivity contribution < 1.29 is 32.5 Å². The third-order valence-corrected chi connectivity index (χ3v) is 4.60. The maximum atomic E-state index is 15.6. The maximum absolute atomic E-state index is 15.6. The number of hydrogen-bond acceptors (Lipinski definition) is 5. The number of carbonyl (C=O) groups excluding carboxylic acids is 1. The average molecular weight is 392 g/mol. The van der Waals surface area contributed by atoms with E-state index in [0.29, 0.717) is 5.56 Å². The number of hydrogen-bond donors (Lipinski definition) is 0. The first-order chi connectivity index (χ1) is 13.5. The van der Waals surface area contributed by atoms with Gasteiger partial charge in [-0.1, -0.05) is 48.5 Å². The molecule has 2 aromatic rings. The van der Waals surface area contributed by atoms with Crippen molar-refractivity contribution in [1.82, 2.24) is 0 Å². The van der Waals surface area contributed by atoms with E-state index < -0.39 is 36.5 Å². The minimum absolute atomic E-state index is 0.200. The lowest BCUT2D eigenvalue weighted by Crippen LogP contribution is -2.64. The molecule has 0 bridgehead atoms. The van der Waals surface area contributed by atoms with Gasteiger partial charge in [-0.3, -0.25) is 0 Å². The minimum atomic E-state index is -2.95. The molecule has 5 atom stereocenters. The van der Waals surface area contributed by atoms with Crippen LogP contribution in [0.5, 0.6) is 0 Å². The van der Waals surface area contributed by atoms with E-state index in [0.717, 1.165) is 0 Å². The molecule has 0 unspecified atom stereocenters. The summed E-state index contributed by atoms with van der Waals surface area (Å²) in [5, 5.41) is 0. The molecule has 28 heavy (non-hydrogen) atoms. The van der Waals surface area contributed by atoms with E-state index in [1.54, 1.807) is 60.7 Å². The summed E-state index contributed by atoms with van der Waals surface area (Å²) in [6.45, 7) is 1.28. The van der Waals surface area contributed by atoms with E-state index >= 15 is 4.39 Å². The zero-order chi connectivity index (χ0) is 20.1. The van der Waals surface area contributed by atoms with Crippen molar-refractivity contribution in [3.8, 4) is 0 Å². The van der Waals surface area contributed by atoms with Gasteiger partial charge in [0.05, 0.1) is 18.3 Å². The molecular formula is C21H22F2O5. The SMILES string of the molecule is CO[C@@H]1[C@@H](OC(=O)c2ccccc2)[C@H](C)O[C@H](F)[C@]1(F)OCc1ccccc1. The van der Waals surface area contributed by atoms with Crippen LogP contribution in [0.25, 0.3) is 0 Å². The standard InChI is InChI=1S/C21H22F2O5/c1-14-17(28-19(24)16-11-7-4-8-12-16)18(25-2)21(23,20(22)27-14)26-13-15-9-5-3-6-10-15/h3-12,14,17-18,20H,13H2,1-2H3/t14-,17-,18+,20-,21+/m0/s1. The average Bonchev–Trinajstić information content (AvgIpc) is 2.72. The van der Waals surface area contributed by atoms with Crippen molar-refractivity contribution in [3.63, 3.8) is 0 Å². The highest BCUT2D eigenvalue weighted by atomic mass is 19.2. The first kappa shape index (κ1) is 20.4. The van der Waals surface area contributed by atoms with Gasteiger partial charge in [0.15, 0.2) is 12.2 Å². The van der Waals surface area contributed by atoms with Crippen molar-refractivity contribution in [1.29, 1.82) is 0 Å². The fourth-order valence-electron chi connectivity index (χ4n) is 3.09. The van der Waals surface area contributed by atoms with Gasteiger partial charge in [-0.25, -0.2) is 13.6 Å². The van der Waals surface area contributed by atoms with Crippen LogP contribution in [-0.2, 0) is 25.6 Å². The molecular weight excluding hydrogens is 370 g/mol. The van der Waals surface area contributed by atoms with Crippen molar-refractivity contribution in [2.75, 3.05) is 7.11 Å². The topological polar surface area (TPSA) is 54.0 Å². The van der Waals surface area contributed by atoms with Gasteiger partial charge >= 0.3 is 5.97 Å². The predicted octanol–water partition coefficient (Wildman–Crippen LogP) is 3.82. The fourth-order valence-corrected chi connectivity index (χ4v) is 3.09. The van der Waals surface area contributed by atoms with Crippen LogP contribution in [0.15, 0.2) is 60.7 Å². The molecule has 3 rings (SSSR count). The summed E-state index contributed by atoms with van der Waals surface area (Å²) in [5.74, 6) is -3.63. The summed E-state index contributed by atoms with van der Waals surface area (Å²) in [6, 6.07) is 17.0. The molecule has 0 aromatic heterocycles. The third-order valence-electron chi connectivity index (χ3n) is 4.60. The Labute approximate surface area is 162 Å². The summed E-state index contributed by atoms with van der Waals surface area (Å²) in [6.07, 6.45) is -6.05. The number of ether oxygens (including phenoxy) is 4. The van der Waals surface area contributed by atoms with Crippen LogP contribution in [0.1, 0.15) is 22.8 Å². The largest absolute Gasteiger partial charge is 0.453 e. The molecule has 2 aromatic carbocycles. The zero-order valence-corrected chi connectivity index (χ0v) is 15.6. The van der Waals surface area contributed by atoms with Gasteiger partial charge in [0.1, 0.15) is 0 Å². The molecule has 150 valence electrons. The van der Waals surface area contributed by atoms with Gasteiger partial charge in [0.25, 0.3) is 12.2 Å². The van der Waals surface area contributed by atoms with E-state index in [1.807, 2.05) is 0 Å². The van der Waals surface area contributed by atoms with Gasteiger partial charge < -0.3 is 18.9 Å². The zero-order valence-electron chi connectivity index (χ0n) is 15.6. The Morgan fingerprint density at radius 3 is 2.32 bits per heavy atom. The molecule has 1 aliphatic heterocycles. The van der Waals surface area contributed by atoms with Crippen LogP contribution in [0, 0.1) is 0 Å². The number of methoxy groups -OCH3 is 1. The summed E-state index contributed by atoms with van der Waals surface area (Å²) in [4.78, 5) is 12.4. The van der Waals surface area contributed by atoms with Gasteiger partial charge in [-0.05, 0) is 24.6 Å². The van der Waals surface area contributed by atoms with Gasteiger partial charge in [0, 0.05) is 7.11 Å². The second-order valence-electron chi connectivity index (χ2n) is 6.52. The molecule has 1 saturated heterocycles. The predicted molar refractivity (Wildman–Crippen MR) is 97.0 cm³/mol. The minimum Gasteiger partial charge on any atom is -0.453 e. The van der Waals surface area contributed by atoms with Crippen LogP contribution in [0.2, 0.25) is 0 Å². The first-order valence-corrected chi connectivity index (χ1v) is 8.91. The fraction of sp³-hybridized carbons (Fsp3) is 0.381. The number of halogens is 2. The van der Waals surface area contributed by atoms with E-state index in [9.17, 15) is 9.18 Å². The second-order valence-corrected chi connectivity index (χ2v) is 6.52. The third kappa shape index (κ3) is 4.22. The van der Waals surface area contributed by atoms with Crippen LogP contribution < -0.4 is 0 Å². The Bertz CT molecular complexity index is 773. The lowest BCUT2D eigenvalue weighted by molar-refractivity contribution is -0.365. The monoisotopic (exact) mass is 392 g/mol. The molecule has 1 fully saturated rings. The van der Waals surface area contributed by atoms with Crippen molar-refractivity contribution >= 4 is 5.97 Å². The molecule has 0 aliphatic carbocycles. The lowest BCUT2D eigenvalue weighted by Gasteiger charge is -2.45. The second kappa shape index (κ2) is 8.77. The number of benzene rings is 2. The molecule has 5 nitrogen and oxygen atoms in total. The number of alkyl halides is 2. The van der Waals surface area contributed by atoms with Crippen molar-refractivity contribution in [3.05, 3.63) is 71.8 Å². The van der Waals surface area contributed by atoms with E-state index in [1.165, 1.54) is 14.0 Å². The molecule has 0 saturated carbocycles. The molecule has 0 N–H and O–H groups in total. The van der Waals surface area contributed by atoms with Gasteiger partial charge in [-0.2, -0.15) is 0 Å². The Morgan fingerprint density at radius 1 is 1.11 bits per heavy atom. The highest BCUT2D eigenvalue weighted by Gasteiger charge is 2.60. The Kier molecular flexibility index (Phi) is 6.39. The van der Waals surface area contributed by atoms with Gasteiger partial charge in [-0.15, -0.1) is 0 Å². The summed E-state index contributed by atoms with van der Waals surface area (Å²) < 4.78 is 51.0. The van der Waals surface area contributed by atoms with Crippen molar-refractivity contribution in [2.24, 2.45) is 0 Å². The first-order valence-electron chi connectivity index (χ1n) is 8.91. The summed E-state index contributed by atoms with van der Waals surface area (Å²) in [5.41, 5.74) is 0.930. The number of carbonyl (C=O) groups is 1. The molecule has 7 heteroatoms. The van der Waals surface area contributed by atoms with Crippen LogP contribution in [-0.4, -0.2) is 43.6 Å². The Balaban J connectivity index is 1.79. The Morgan fingerprint density at radius 2 is 1.71 bits per heavy atom. The molecule has 1 aliphatic rings. The molecule has 0 spiro atoms. The quantitative estimate of drug-likeness (QED) is 0.700. The van der Waals surface area contributed by atoms with Gasteiger partial charge in [0.2, 0.25) is 0 Å². The normalized spacial score (nSPS) is 30.0. The smallest absolute Gasteiger partial charge is 0.338 e. The lowest BCUT2D eigenvalue weighted by atomic mass is 9.97. The highest BCUT2D eigenvalue weighted by Crippen LogP contribution is 2.39. The highest BCUT2D eigenvalue weighted by molar-refractivity contribution is 5.89. The number of esters is 1. The summed E-state index contributed by atoms with van der Waals surface area (Å²) in [7, 11) is 1.21. The van der Waals surface area contributed by atoms with Crippen molar-refractivity contribution in [2.45, 2.75) is 44.1 Å². The Hall–Kier alpha value is -2.35. The maximum Gasteiger partial charge on any atom is 0.338 e. The van der Waals surface area contributed by atoms with Crippen LogP contribution >= 0.6 is 0 Å². The molecule has 0 amide bonds. The summed E-state index contributed by atoms with van der Waals surface area (Å²) >= 11 is 0. The van der Waals surface area contributed by atoms with Crippen LogP contribution in [0.4, 0.5) is 8.78 Å². The molecule has 1 heterocycles. The van der Waals surface area contributed by atoms with Crippen LogP contribution in [0.3, 0.4) is 0 Å². The van der Waals surface area contributed by atoms with E-state index in [4.69, 9.17) is 18.9 Å². The molecule has 0 radical (unpaired) electrons. The van der Waals surface area contributed by atoms with E-state index in [2.05, 4.69) is 0 Å². The van der Waals surface area contributed by atoms with E-state index in [-0.39, 0.29) is 12.2 Å². The number of rotatable bonds is 6.